The number of carbonyl (C=O) groups excluding carboxylic acids is 1. The highest BCUT2D eigenvalue weighted by molar-refractivity contribution is 5.76. The lowest BCUT2D eigenvalue weighted by molar-refractivity contribution is -0.140. The summed E-state index contributed by atoms with van der Waals surface area (Å²) >= 11 is 0. The van der Waals surface area contributed by atoms with Crippen molar-refractivity contribution < 1.29 is 32.5 Å². The summed E-state index contributed by atoms with van der Waals surface area (Å²) in [6.07, 6.45) is 2.34. The number of ether oxygens (including phenoxy) is 2. The van der Waals surface area contributed by atoms with Gasteiger partial charge >= 0.3 is 5.97 Å². The van der Waals surface area contributed by atoms with Gasteiger partial charge in [-0.15, -0.1) is 0 Å². The molecule has 184 valence electrons. The summed E-state index contributed by atoms with van der Waals surface area (Å²) in [5, 5.41) is 9.13. The average molecular weight is 485 g/mol. The Morgan fingerprint density at radius 2 is 1.60 bits per heavy atom. The minimum atomic E-state index is -1.22. The predicted molar refractivity (Wildman–Crippen MR) is 126 cm³/mol. The molecule has 1 fully saturated rings. The van der Waals surface area contributed by atoms with Gasteiger partial charge in [0.25, 0.3) is 0 Å². The van der Waals surface area contributed by atoms with Crippen molar-refractivity contribution in [2.75, 3.05) is 6.61 Å². The summed E-state index contributed by atoms with van der Waals surface area (Å²) < 4.78 is 54.1. The number of rotatable bonds is 7. The molecule has 1 aliphatic carbocycles. The minimum absolute atomic E-state index is 0.0369. The van der Waals surface area contributed by atoms with E-state index in [0.717, 1.165) is 5.56 Å². The third-order valence-electron chi connectivity index (χ3n) is 6.49. The van der Waals surface area contributed by atoms with Crippen LogP contribution in [0.5, 0.6) is 11.5 Å². The van der Waals surface area contributed by atoms with E-state index in [4.69, 9.17) is 14.6 Å². The van der Waals surface area contributed by atoms with E-state index in [1.807, 2.05) is 6.07 Å². The molecule has 3 aromatic rings. The van der Waals surface area contributed by atoms with Gasteiger partial charge in [0.1, 0.15) is 0 Å². The van der Waals surface area contributed by atoms with Crippen molar-refractivity contribution in [2.24, 2.45) is 5.92 Å². The summed E-state index contributed by atoms with van der Waals surface area (Å²) in [4.78, 5) is 12.7. The number of aliphatic hydroxyl groups excluding tert-OH is 1. The molecular weight excluding hydrogens is 457 g/mol. The van der Waals surface area contributed by atoms with Crippen LogP contribution in [-0.2, 0) is 11.4 Å². The SMILES string of the molecule is CCOc1ccc(C2CCC(C(=O)Oc3ccc(-c4ccc(CO)cc4)c(F)c3F)CC2)cc1F. The van der Waals surface area contributed by atoms with Crippen LogP contribution in [0.2, 0.25) is 0 Å². The first-order chi connectivity index (χ1) is 16.9. The molecule has 0 heterocycles. The molecule has 7 heteroatoms. The second kappa shape index (κ2) is 11.0. The second-order valence-electron chi connectivity index (χ2n) is 8.69. The third-order valence-corrected chi connectivity index (χ3v) is 6.49. The van der Waals surface area contributed by atoms with Crippen LogP contribution in [0.1, 0.15) is 49.7 Å². The van der Waals surface area contributed by atoms with Crippen LogP contribution in [0, 0.1) is 23.4 Å². The van der Waals surface area contributed by atoms with Gasteiger partial charge in [-0.25, -0.2) is 8.78 Å². The highest BCUT2D eigenvalue weighted by atomic mass is 19.2. The van der Waals surface area contributed by atoms with Gasteiger partial charge in [0, 0.05) is 5.56 Å². The summed E-state index contributed by atoms with van der Waals surface area (Å²) in [5.41, 5.74) is 1.99. The fourth-order valence-corrected chi connectivity index (χ4v) is 4.52. The molecule has 0 bridgehead atoms. The van der Waals surface area contributed by atoms with Gasteiger partial charge < -0.3 is 14.6 Å². The average Bonchev–Trinajstić information content (AvgIpc) is 2.88. The molecule has 4 nitrogen and oxygen atoms in total. The zero-order valence-electron chi connectivity index (χ0n) is 19.4. The number of halogens is 3. The molecular formula is C28H27F3O4. The summed E-state index contributed by atoms with van der Waals surface area (Å²) in [6.45, 7) is 2.03. The van der Waals surface area contributed by atoms with Crippen LogP contribution in [0.15, 0.2) is 54.6 Å². The molecule has 0 amide bonds. The lowest BCUT2D eigenvalue weighted by Gasteiger charge is -2.27. The molecule has 0 aliphatic heterocycles. The highest BCUT2D eigenvalue weighted by Crippen LogP contribution is 2.38. The third kappa shape index (κ3) is 5.51. The van der Waals surface area contributed by atoms with Crippen molar-refractivity contribution in [1.29, 1.82) is 0 Å². The van der Waals surface area contributed by atoms with Crippen LogP contribution in [0.4, 0.5) is 13.2 Å². The largest absolute Gasteiger partial charge is 0.491 e. The molecule has 0 saturated heterocycles. The second-order valence-corrected chi connectivity index (χ2v) is 8.69. The maximum atomic E-state index is 14.7. The molecule has 0 unspecified atom stereocenters. The van der Waals surface area contributed by atoms with Crippen LogP contribution in [0.3, 0.4) is 0 Å². The van der Waals surface area contributed by atoms with E-state index in [9.17, 15) is 18.0 Å². The summed E-state index contributed by atoms with van der Waals surface area (Å²) in [5.74, 6) is -3.89. The Labute approximate surface area is 202 Å². The Morgan fingerprint density at radius 3 is 2.23 bits per heavy atom. The Morgan fingerprint density at radius 1 is 0.914 bits per heavy atom. The van der Waals surface area contributed by atoms with Gasteiger partial charge in [0.15, 0.2) is 23.1 Å². The minimum Gasteiger partial charge on any atom is -0.491 e. The van der Waals surface area contributed by atoms with Crippen LogP contribution < -0.4 is 9.47 Å². The van der Waals surface area contributed by atoms with E-state index < -0.39 is 35.1 Å². The monoisotopic (exact) mass is 484 g/mol. The number of carbonyl (C=O) groups is 1. The van der Waals surface area contributed by atoms with Crippen LogP contribution >= 0.6 is 0 Å². The van der Waals surface area contributed by atoms with Crippen molar-refractivity contribution in [3.8, 4) is 22.6 Å². The number of esters is 1. The highest BCUT2D eigenvalue weighted by Gasteiger charge is 2.30. The smallest absolute Gasteiger partial charge is 0.314 e. The van der Waals surface area contributed by atoms with E-state index in [2.05, 4.69) is 0 Å². The van der Waals surface area contributed by atoms with Crippen molar-refractivity contribution in [3.05, 3.63) is 83.2 Å². The van der Waals surface area contributed by atoms with Gasteiger partial charge in [-0.2, -0.15) is 4.39 Å². The van der Waals surface area contributed by atoms with E-state index in [1.165, 1.54) is 18.2 Å². The molecule has 4 rings (SSSR count). The predicted octanol–water partition coefficient (Wildman–Crippen LogP) is 6.54. The topological polar surface area (TPSA) is 55.8 Å². The number of hydrogen-bond acceptors (Lipinski definition) is 4. The first-order valence-electron chi connectivity index (χ1n) is 11.7. The fourth-order valence-electron chi connectivity index (χ4n) is 4.52. The van der Waals surface area contributed by atoms with Gasteiger partial charge in [0.2, 0.25) is 5.82 Å². The van der Waals surface area contributed by atoms with E-state index in [1.54, 1.807) is 37.3 Å². The quantitative estimate of drug-likeness (QED) is 0.306. The lowest BCUT2D eigenvalue weighted by atomic mass is 9.78. The van der Waals surface area contributed by atoms with E-state index >= 15 is 0 Å². The molecule has 35 heavy (non-hydrogen) atoms. The first kappa shape index (κ1) is 24.8. The van der Waals surface area contributed by atoms with Crippen LogP contribution in [-0.4, -0.2) is 17.7 Å². The molecule has 0 aromatic heterocycles. The Kier molecular flexibility index (Phi) is 7.76. The van der Waals surface area contributed by atoms with E-state index in [-0.39, 0.29) is 23.8 Å². The lowest BCUT2D eigenvalue weighted by Crippen LogP contribution is -2.25. The standard InChI is InChI=1S/C28H27F3O4/c1-2-34-24-13-11-21(15-23(24)29)18-7-9-20(10-8-18)28(33)35-25-14-12-22(26(30)27(25)31)19-5-3-17(16-32)4-6-19/h3-6,11-15,18,20,32H,2,7-10,16H2,1H3. The Bertz CT molecular complexity index is 1190. The summed E-state index contributed by atoms with van der Waals surface area (Å²) in [6, 6.07) is 14.0. The first-order valence-corrected chi connectivity index (χ1v) is 11.7. The van der Waals surface area contributed by atoms with Crippen molar-refractivity contribution in [3.63, 3.8) is 0 Å². The molecule has 0 spiro atoms. The Balaban J connectivity index is 1.39. The molecule has 0 atom stereocenters. The molecule has 0 radical (unpaired) electrons. The summed E-state index contributed by atoms with van der Waals surface area (Å²) in [7, 11) is 0. The molecule has 1 N–H and O–H groups in total. The zero-order valence-corrected chi connectivity index (χ0v) is 19.4. The maximum absolute atomic E-state index is 14.7. The Hall–Kier alpha value is -3.32. The van der Waals surface area contributed by atoms with Gasteiger partial charge in [0.05, 0.1) is 19.1 Å². The zero-order chi connectivity index (χ0) is 24.9. The van der Waals surface area contributed by atoms with Crippen LogP contribution in [0.25, 0.3) is 11.1 Å². The number of aliphatic hydroxyl groups is 1. The van der Waals surface area contributed by atoms with Gasteiger partial charge in [-0.3, -0.25) is 4.79 Å². The van der Waals surface area contributed by atoms with Gasteiger partial charge in [-0.05, 0) is 79.5 Å². The van der Waals surface area contributed by atoms with Gasteiger partial charge in [-0.1, -0.05) is 30.3 Å². The molecule has 1 aliphatic rings. The van der Waals surface area contributed by atoms with Crippen molar-refractivity contribution in [2.45, 2.75) is 45.1 Å². The maximum Gasteiger partial charge on any atom is 0.314 e. The van der Waals surface area contributed by atoms with Crippen molar-refractivity contribution in [1.82, 2.24) is 0 Å². The van der Waals surface area contributed by atoms with E-state index in [0.29, 0.717) is 43.4 Å². The fraction of sp³-hybridized carbons (Fsp3) is 0.321. The molecule has 3 aromatic carbocycles. The number of hydrogen-bond donors (Lipinski definition) is 1. The van der Waals surface area contributed by atoms with Crippen molar-refractivity contribution >= 4 is 5.97 Å². The molecule has 1 saturated carbocycles. The number of benzene rings is 3. The normalized spacial score (nSPS) is 17.7.